The lowest BCUT2D eigenvalue weighted by Gasteiger charge is -2.26. The highest BCUT2D eigenvalue weighted by Crippen LogP contribution is 2.39. The highest BCUT2D eigenvalue weighted by atomic mass is 15.1. The molecule has 126 valence electrons. The molecule has 4 rings (SSSR count). The molecule has 0 N–H and O–H groups in total. The lowest BCUT2D eigenvalue weighted by Crippen LogP contribution is -2.27. The summed E-state index contributed by atoms with van der Waals surface area (Å²) in [5, 5.41) is 0. The van der Waals surface area contributed by atoms with E-state index in [2.05, 4.69) is 104 Å². The molecule has 0 amide bonds. The van der Waals surface area contributed by atoms with Crippen LogP contribution in [0.2, 0.25) is 0 Å². The smallest absolute Gasteiger partial charge is 0.209 e. The molecule has 0 saturated carbocycles. The van der Waals surface area contributed by atoms with Gasteiger partial charge in [0.05, 0.1) is 5.41 Å². The second-order valence-electron chi connectivity index (χ2n) is 7.55. The molecule has 2 aliphatic rings. The summed E-state index contributed by atoms with van der Waals surface area (Å²) < 4.78 is 2.33. The number of benzene rings is 2. The average Bonchev–Trinajstić information content (AvgIpc) is 2.80. The molecular weight excluding hydrogens is 304 g/mol. The van der Waals surface area contributed by atoms with E-state index in [-0.39, 0.29) is 5.41 Å². The number of hydrogen-bond donors (Lipinski definition) is 0. The van der Waals surface area contributed by atoms with E-state index in [1.54, 1.807) is 0 Å². The number of nitrogens with zero attached hydrogens (tertiary/aromatic N) is 2. The Bertz CT molecular complexity index is 929. The molecule has 0 fully saturated rings. The Labute approximate surface area is 150 Å². The van der Waals surface area contributed by atoms with E-state index < -0.39 is 0 Å². The molecule has 0 radical (unpaired) electrons. The molecule has 25 heavy (non-hydrogen) atoms. The van der Waals surface area contributed by atoms with Crippen molar-refractivity contribution in [1.82, 2.24) is 0 Å². The fourth-order valence-electron chi connectivity index (χ4n) is 4.15. The molecule has 0 spiro atoms. The topological polar surface area (TPSA) is 6.25 Å². The molecule has 0 aromatic heterocycles. The summed E-state index contributed by atoms with van der Waals surface area (Å²) >= 11 is 0. The molecule has 0 unspecified atom stereocenters. The third kappa shape index (κ3) is 2.53. The molecule has 0 atom stereocenters. The van der Waals surface area contributed by atoms with Gasteiger partial charge in [-0.25, -0.2) is 0 Å². The van der Waals surface area contributed by atoms with Crippen LogP contribution in [0.1, 0.15) is 25.0 Å². The van der Waals surface area contributed by atoms with Crippen LogP contribution >= 0.6 is 0 Å². The predicted molar refractivity (Wildman–Crippen MR) is 107 cm³/mol. The largest absolute Gasteiger partial charge is 0.370 e. The second kappa shape index (κ2) is 5.73. The highest BCUT2D eigenvalue weighted by Gasteiger charge is 2.42. The molecule has 0 saturated heterocycles. The van der Waals surface area contributed by atoms with Gasteiger partial charge >= 0.3 is 0 Å². The molecule has 0 aliphatic carbocycles. The molecule has 0 bridgehead atoms. The molecular formula is C23H25N2+. The Morgan fingerprint density at radius 3 is 2.52 bits per heavy atom. The van der Waals surface area contributed by atoms with Crippen molar-refractivity contribution in [2.75, 3.05) is 25.5 Å². The van der Waals surface area contributed by atoms with Gasteiger partial charge < -0.3 is 4.90 Å². The number of allylic oxidation sites excluding steroid dienone is 1. The van der Waals surface area contributed by atoms with Crippen molar-refractivity contribution in [3.8, 4) is 0 Å². The molecule has 2 aromatic rings. The number of hydrogen-bond acceptors (Lipinski definition) is 1. The zero-order valence-corrected chi connectivity index (χ0v) is 15.5. The zero-order chi connectivity index (χ0) is 17.6. The lowest BCUT2D eigenvalue weighted by molar-refractivity contribution is -0.401. The Morgan fingerprint density at radius 2 is 1.72 bits per heavy atom. The minimum absolute atomic E-state index is 0.0286. The molecule has 2 aliphatic heterocycles. The van der Waals surface area contributed by atoms with Gasteiger partial charge in [0, 0.05) is 37.0 Å². The number of para-hydroxylation sites is 2. The zero-order valence-electron chi connectivity index (χ0n) is 15.5. The standard InChI is InChI=1S/C23H25N2/c1-23(2)19-10-6-8-12-21(19)25(4)22(23)14-13-17-15-18-9-5-7-11-20(18)24(3)16-17/h5-15H,16H2,1-4H3/q+1. The first kappa shape index (κ1) is 15.9. The van der Waals surface area contributed by atoms with E-state index >= 15 is 0 Å². The van der Waals surface area contributed by atoms with Crippen LogP contribution in [0, 0.1) is 0 Å². The van der Waals surface area contributed by atoms with E-state index in [4.69, 9.17) is 0 Å². The van der Waals surface area contributed by atoms with Crippen LogP contribution < -0.4 is 4.90 Å². The van der Waals surface area contributed by atoms with Gasteiger partial charge in [0.1, 0.15) is 7.05 Å². The lowest BCUT2D eigenvalue weighted by atomic mass is 9.81. The maximum atomic E-state index is 2.33. The van der Waals surface area contributed by atoms with Gasteiger partial charge in [-0.2, -0.15) is 4.58 Å². The third-order valence-electron chi connectivity index (χ3n) is 5.50. The van der Waals surface area contributed by atoms with Crippen molar-refractivity contribution < 1.29 is 4.58 Å². The summed E-state index contributed by atoms with van der Waals surface area (Å²) in [7, 11) is 4.33. The first-order chi connectivity index (χ1) is 12.0. The first-order valence-electron chi connectivity index (χ1n) is 8.88. The van der Waals surface area contributed by atoms with E-state index in [0.29, 0.717) is 0 Å². The monoisotopic (exact) mass is 329 g/mol. The summed E-state index contributed by atoms with van der Waals surface area (Å²) in [5.41, 5.74) is 8.02. The minimum atomic E-state index is 0.0286. The number of likely N-dealkylation sites (N-methyl/N-ethyl adjacent to an activating group) is 1. The fraction of sp³-hybridized carbons (Fsp3) is 0.261. The van der Waals surface area contributed by atoms with Crippen LogP contribution in [0.5, 0.6) is 0 Å². The minimum Gasteiger partial charge on any atom is -0.370 e. The van der Waals surface area contributed by atoms with Crippen LogP contribution in [0.25, 0.3) is 6.08 Å². The highest BCUT2D eigenvalue weighted by molar-refractivity contribution is 6.03. The van der Waals surface area contributed by atoms with Crippen LogP contribution in [0.4, 0.5) is 11.4 Å². The molecule has 2 heteroatoms. The summed E-state index contributed by atoms with van der Waals surface area (Å²) in [4.78, 5) is 2.32. The van der Waals surface area contributed by atoms with E-state index in [1.807, 2.05) is 0 Å². The van der Waals surface area contributed by atoms with Gasteiger partial charge in [-0.3, -0.25) is 0 Å². The Morgan fingerprint density at radius 1 is 1.00 bits per heavy atom. The Kier molecular flexibility index (Phi) is 3.64. The maximum absolute atomic E-state index is 2.33. The van der Waals surface area contributed by atoms with Gasteiger partial charge in [-0.05, 0) is 37.1 Å². The molecule has 2 aromatic carbocycles. The average molecular weight is 329 g/mol. The summed E-state index contributed by atoms with van der Waals surface area (Å²) in [6.07, 6.45) is 6.89. The van der Waals surface area contributed by atoms with E-state index in [9.17, 15) is 0 Å². The van der Waals surface area contributed by atoms with E-state index in [1.165, 1.54) is 33.8 Å². The second-order valence-corrected chi connectivity index (χ2v) is 7.55. The number of rotatable bonds is 2. The van der Waals surface area contributed by atoms with Crippen molar-refractivity contribution in [2.45, 2.75) is 19.3 Å². The van der Waals surface area contributed by atoms with Gasteiger partial charge in [-0.15, -0.1) is 0 Å². The van der Waals surface area contributed by atoms with Gasteiger partial charge in [-0.1, -0.05) is 42.5 Å². The summed E-state index contributed by atoms with van der Waals surface area (Å²) in [5.74, 6) is 0. The molecule has 2 heterocycles. The van der Waals surface area contributed by atoms with Crippen LogP contribution in [0.3, 0.4) is 0 Å². The number of fused-ring (bicyclic) bond motifs is 2. The third-order valence-corrected chi connectivity index (χ3v) is 5.50. The summed E-state index contributed by atoms with van der Waals surface area (Å²) in [6, 6.07) is 17.3. The maximum Gasteiger partial charge on any atom is 0.209 e. The van der Waals surface area contributed by atoms with Crippen molar-refractivity contribution in [1.29, 1.82) is 0 Å². The number of anilines is 1. The predicted octanol–water partition coefficient (Wildman–Crippen LogP) is 4.78. The summed E-state index contributed by atoms with van der Waals surface area (Å²) in [6.45, 7) is 5.56. The van der Waals surface area contributed by atoms with Crippen molar-refractivity contribution in [3.05, 3.63) is 77.4 Å². The quantitative estimate of drug-likeness (QED) is 0.719. The normalized spacial score (nSPS) is 18.4. The van der Waals surface area contributed by atoms with Crippen molar-refractivity contribution >= 4 is 23.2 Å². The van der Waals surface area contributed by atoms with E-state index in [0.717, 1.165) is 6.54 Å². The molecule has 2 nitrogen and oxygen atoms in total. The van der Waals surface area contributed by atoms with Crippen LogP contribution in [-0.4, -0.2) is 30.9 Å². The van der Waals surface area contributed by atoms with Gasteiger partial charge in [0.2, 0.25) is 5.69 Å². The van der Waals surface area contributed by atoms with Crippen molar-refractivity contribution in [2.24, 2.45) is 0 Å². The Balaban J connectivity index is 1.70. The fourth-order valence-corrected chi connectivity index (χ4v) is 4.15. The van der Waals surface area contributed by atoms with Gasteiger partial charge in [0.25, 0.3) is 0 Å². The van der Waals surface area contributed by atoms with Crippen molar-refractivity contribution in [3.63, 3.8) is 0 Å². The van der Waals surface area contributed by atoms with Gasteiger partial charge in [0.15, 0.2) is 5.71 Å². The SMILES string of the molecule is CN1CC(/C=C/C2=[N+](C)c3ccccc3C2(C)C)=Cc2ccccc21. The van der Waals surface area contributed by atoms with Crippen LogP contribution in [0.15, 0.2) is 66.3 Å². The Hall–Kier alpha value is -2.61. The van der Waals surface area contributed by atoms with Crippen LogP contribution in [-0.2, 0) is 5.41 Å². The first-order valence-corrected chi connectivity index (χ1v) is 8.88.